The molecule has 22 heavy (non-hydrogen) atoms. The van der Waals surface area contributed by atoms with Crippen molar-refractivity contribution >= 4 is 17.6 Å². The summed E-state index contributed by atoms with van der Waals surface area (Å²) in [4.78, 5) is 23.3. The third kappa shape index (κ3) is 4.08. The van der Waals surface area contributed by atoms with Gasteiger partial charge in [-0.25, -0.2) is 4.79 Å². The topological polar surface area (TPSA) is 58.2 Å². The molecule has 114 valence electrons. The average molecular weight is 308 g/mol. The van der Waals surface area contributed by atoms with Gasteiger partial charge in [-0.15, -0.1) is 0 Å². The third-order valence-corrected chi connectivity index (χ3v) is 2.73. The van der Waals surface area contributed by atoms with Gasteiger partial charge < -0.3 is 5.32 Å². The third-order valence-electron chi connectivity index (χ3n) is 2.73. The molecule has 0 bridgehead atoms. The van der Waals surface area contributed by atoms with Crippen molar-refractivity contribution in [2.24, 2.45) is 0 Å². The van der Waals surface area contributed by atoms with E-state index >= 15 is 0 Å². The van der Waals surface area contributed by atoms with E-state index in [2.05, 4.69) is 10.6 Å². The maximum absolute atomic E-state index is 12.4. The minimum absolute atomic E-state index is 0.145. The molecule has 0 saturated carbocycles. The van der Waals surface area contributed by atoms with Crippen molar-refractivity contribution in [2.75, 3.05) is 5.32 Å². The fourth-order valence-corrected chi connectivity index (χ4v) is 1.67. The normalized spacial score (nSPS) is 10.9. The van der Waals surface area contributed by atoms with Crippen LogP contribution in [0.2, 0.25) is 0 Å². The minimum atomic E-state index is -4.44. The van der Waals surface area contributed by atoms with Crippen molar-refractivity contribution in [3.05, 3.63) is 65.7 Å². The Morgan fingerprint density at radius 1 is 0.864 bits per heavy atom. The fourth-order valence-electron chi connectivity index (χ4n) is 1.67. The predicted octanol–water partition coefficient (Wildman–Crippen LogP) is 3.67. The van der Waals surface area contributed by atoms with Crippen LogP contribution in [0.5, 0.6) is 0 Å². The lowest BCUT2D eigenvalue weighted by atomic mass is 10.2. The summed E-state index contributed by atoms with van der Waals surface area (Å²) in [6.07, 6.45) is -4.44. The molecule has 2 aromatic carbocycles. The van der Waals surface area contributed by atoms with Gasteiger partial charge in [0.1, 0.15) is 0 Å². The summed E-state index contributed by atoms with van der Waals surface area (Å²) in [5, 5.41) is 4.36. The molecule has 7 heteroatoms. The highest BCUT2D eigenvalue weighted by molar-refractivity contribution is 6.07. The number of alkyl halides is 3. The van der Waals surface area contributed by atoms with Gasteiger partial charge in [0, 0.05) is 11.3 Å². The van der Waals surface area contributed by atoms with Crippen LogP contribution in [-0.4, -0.2) is 11.9 Å². The van der Waals surface area contributed by atoms with E-state index in [-0.39, 0.29) is 5.69 Å². The highest BCUT2D eigenvalue weighted by Gasteiger charge is 2.29. The van der Waals surface area contributed by atoms with Crippen molar-refractivity contribution < 1.29 is 22.8 Å². The van der Waals surface area contributed by atoms with Crippen LogP contribution < -0.4 is 10.6 Å². The van der Waals surface area contributed by atoms with Crippen molar-refractivity contribution in [1.82, 2.24) is 5.32 Å². The van der Waals surface area contributed by atoms with Gasteiger partial charge >= 0.3 is 12.2 Å². The molecular weight excluding hydrogens is 297 g/mol. The first-order valence-corrected chi connectivity index (χ1v) is 6.21. The second-order valence-corrected chi connectivity index (χ2v) is 4.35. The maximum Gasteiger partial charge on any atom is 0.416 e. The number of hydrogen-bond acceptors (Lipinski definition) is 2. The Labute approximate surface area is 124 Å². The summed E-state index contributed by atoms with van der Waals surface area (Å²) >= 11 is 0. The lowest BCUT2D eigenvalue weighted by Gasteiger charge is -2.09. The molecule has 2 N–H and O–H groups in total. The number of hydrogen-bond donors (Lipinski definition) is 2. The van der Waals surface area contributed by atoms with Crippen molar-refractivity contribution in [3.8, 4) is 0 Å². The van der Waals surface area contributed by atoms with Crippen LogP contribution in [0.4, 0.5) is 23.7 Å². The predicted molar refractivity (Wildman–Crippen MR) is 74.4 cm³/mol. The summed E-state index contributed by atoms with van der Waals surface area (Å²) in [5.41, 5.74) is -0.379. The van der Waals surface area contributed by atoms with E-state index in [0.29, 0.717) is 5.56 Å². The molecule has 0 aliphatic heterocycles. The molecule has 2 aromatic rings. The fraction of sp³-hybridized carbons (Fsp3) is 0.0667. The molecule has 4 nitrogen and oxygen atoms in total. The van der Waals surface area contributed by atoms with Gasteiger partial charge in [0.05, 0.1) is 5.56 Å². The summed E-state index contributed by atoms with van der Waals surface area (Å²) in [6, 6.07) is 11.1. The molecule has 0 unspecified atom stereocenters. The number of nitrogens with one attached hydrogen (secondary N) is 2. The van der Waals surface area contributed by atoms with Gasteiger partial charge in [-0.05, 0) is 36.4 Å². The monoisotopic (exact) mass is 308 g/mol. The number of rotatable bonds is 2. The van der Waals surface area contributed by atoms with Crippen LogP contribution >= 0.6 is 0 Å². The van der Waals surface area contributed by atoms with Crippen molar-refractivity contribution in [2.45, 2.75) is 6.18 Å². The Morgan fingerprint density at radius 3 is 2.00 bits per heavy atom. The minimum Gasteiger partial charge on any atom is -0.308 e. The largest absolute Gasteiger partial charge is 0.416 e. The number of amides is 3. The first-order valence-electron chi connectivity index (χ1n) is 6.21. The van der Waals surface area contributed by atoms with E-state index in [1.165, 1.54) is 12.1 Å². The molecule has 0 heterocycles. The van der Waals surface area contributed by atoms with E-state index in [1.807, 2.05) is 0 Å². The number of benzene rings is 2. The molecule has 0 saturated heterocycles. The van der Waals surface area contributed by atoms with E-state index in [0.717, 1.165) is 24.3 Å². The van der Waals surface area contributed by atoms with Crippen LogP contribution in [0.25, 0.3) is 0 Å². The van der Waals surface area contributed by atoms with Gasteiger partial charge in [0.15, 0.2) is 0 Å². The van der Waals surface area contributed by atoms with Gasteiger partial charge in [0.2, 0.25) is 0 Å². The van der Waals surface area contributed by atoms with Gasteiger partial charge in [-0.2, -0.15) is 13.2 Å². The highest BCUT2D eigenvalue weighted by atomic mass is 19.4. The second-order valence-electron chi connectivity index (χ2n) is 4.35. The van der Waals surface area contributed by atoms with Crippen LogP contribution in [0, 0.1) is 0 Å². The Kier molecular flexibility index (Phi) is 4.45. The number of urea groups is 1. The number of carbonyl (C=O) groups excluding carboxylic acids is 2. The van der Waals surface area contributed by atoms with Crippen molar-refractivity contribution in [1.29, 1.82) is 0 Å². The molecule has 0 aromatic heterocycles. The highest BCUT2D eigenvalue weighted by Crippen LogP contribution is 2.29. The van der Waals surface area contributed by atoms with E-state index in [4.69, 9.17) is 0 Å². The summed E-state index contributed by atoms with van der Waals surface area (Å²) < 4.78 is 37.2. The SMILES string of the molecule is O=C(NC(=O)c1ccccc1)Nc1ccc(C(F)(F)F)cc1. The Hall–Kier alpha value is -2.83. The zero-order valence-corrected chi connectivity index (χ0v) is 11.1. The summed E-state index contributed by atoms with van der Waals surface area (Å²) in [5.74, 6) is -0.606. The summed E-state index contributed by atoms with van der Waals surface area (Å²) in [7, 11) is 0. The Bertz CT molecular complexity index is 667. The van der Waals surface area contributed by atoms with Gasteiger partial charge in [-0.3, -0.25) is 10.1 Å². The molecule has 0 atom stereocenters. The zero-order valence-electron chi connectivity index (χ0n) is 11.1. The van der Waals surface area contributed by atoms with Crippen LogP contribution in [0.1, 0.15) is 15.9 Å². The quantitative estimate of drug-likeness (QED) is 0.889. The number of carbonyl (C=O) groups is 2. The molecule has 0 radical (unpaired) electrons. The molecule has 0 aliphatic rings. The first kappa shape index (κ1) is 15.6. The maximum atomic E-state index is 12.4. The Morgan fingerprint density at radius 2 is 1.45 bits per heavy atom. The lowest BCUT2D eigenvalue weighted by Crippen LogP contribution is -2.34. The molecule has 0 aliphatic carbocycles. The van der Waals surface area contributed by atoms with E-state index in [1.54, 1.807) is 18.2 Å². The molecular formula is C15H11F3N2O2. The number of halogens is 3. The molecule has 0 spiro atoms. The average Bonchev–Trinajstić information content (AvgIpc) is 2.47. The first-order chi connectivity index (χ1) is 10.4. The number of imide groups is 1. The van der Waals surface area contributed by atoms with E-state index in [9.17, 15) is 22.8 Å². The zero-order chi connectivity index (χ0) is 16.2. The van der Waals surface area contributed by atoms with Crippen LogP contribution in [0.15, 0.2) is 54.6 Å². The lowest BCUT2D eigenvalue weighted by molar-refractivity contribution is -0.137. The van der Waals surface area contributed by atoms with Crippen molar-refractivity contribution in [3.63, 3.8) is 0 Å². The van der Waals surface area contributed by atoms with Gasteiger partial charge in [0.25, 0.3) is 5.91 Å². The molecule has 0 fully saturated rings. The van der Waals surface area contributed by atoms with Gasteiger partial charge in [-0.1, -0.05) is 18.2 Å². The van der Waals surface area contributed by atoms with Crippen LogP contribution in [0.3, 0.4) is 0 Å². The second kappa shape index (κ2) is 6.30. The number of anilines is 1. The molecule has 2 rings (SSSR count). The van der Waals surface area contributed by atoms with E-state index < -0.39 is 23.7 Å². The summed E-state index contributed by atoms with van der Waals surface area (Å²) in [6.45, 7) is 0. The standard InChI is InChI=1S/C15H11F3N2O2/c16-15(17,18)11-6-8-12(9-7-11)19-14(22)20-13(21)10-4-2-1-3-5-10/h1-9H,(H2,19,20,21,22). The smallest absolute Gasteiger partial charge is 0.308 e. The Balaban J connectivity index is 1.96. The molecule has 3 amide bonds. The van der Waals surface area contributed by atoms with Crippen LogP contribution in [-0.2, 0) is 6.18 Å².